The number of carbonyl (C=O) groups excluding carboxylic acids is 1. The Balaban J connectivity index is 2.28. The minimum absolute atomic E-state index is 0.355. The molecule has 1 saturated carbocycles. The maximum absolute atomic E-state index is 12.0. The van der Waals surface area contributed by atoms with Crippen molar-refractivity contribution in [2.45, 2.75) is 39.2 Å². The third-order valence-corrected chi connectivity index (χ3v) is 4.43. The van der Waals surface area contributed by atoms with Crippen molar-refractivity contribution in [1.29, 1.82) is 0 Å². The van der Waals surface area contributed by atoms with Crippen LogP contribution in [-0.2, 0) is 6.42 Å². The van der Waals surface area contributed by atoms with E-state index in [0.717, 1.165) is 23.2 Å². The van der Waals surface area contributed by atoms with E-state index in [1.54, 1.807) is 0 Å². The normalized spacial score (nSPS) is 14.4. The van der Waals surface area contributed by atoms with Crippen LogP contribution in [0, 0.1) is 6.92 Å². The summed E-state index contributed by atoms with van der Waals surface area (Å²) in [6.07, 6.45) is 3.24. The van der Waals surface area contributed by atoms with Crippen molar-refractivity contribution in [2.24, 2.45) is 5.73 Å². The van der Waals surface area contributed by atoms with Crippen molar-refractivity contribution < 1.29 is 4.79 Å². The van der Waals surface area contributed by atoms with Gasteiger partial charge in [-0.1, -0.05) is 30.7 Å². The summed E-state index contributed by atoms with van der Waals surface area (Å²) in [6, 6.07) is 8.15. The number of aromatic nitrogens is 1. The van der Waals surface area contributed by atoms with E-state index in [-0.39, 0.29) is 5.91 Å². The number of rotatable bonds is 4. The number of carbonyl (C=O) groups is 1. The van der Waals surface area contributed by atoms with Gasteiger partial charge in [-0.05, 0) is 43.9 Å². The highest BCUT2D eigenvalue weighted by atomic mass is 35.5. The summed E-state index contributed by atoms with van der Waals surface area (Å²) >= 11 is 5.98. The first-order valence-electron chi connectivity index (χ1n) is 7.34. The van der Waals surface area contributed by atoms with Crippen molar-refractivity contribution >= 4 is 17.5 Å². The molecule has 1 aliphatic carbocycles. The Morgan fingerprint density at radius 1 is 1.33 bits per heavy atom. The van der Waals surface area contributed by atoms with Crippen LogP contribution in [0.2, 0.25) is 5.02 Å². The number of nitrogens with two attached hydrogens (primary N) is 1. The molecule has 0 unspecified atom stereocenters. The second-order valence-electron chi connectivity index (χ2n) is 5.61. The van der Waals surface area contributed by atoms with Crippen LogP contribution in [0.3, 0.4) is 0 Å². The largest absolute Gasteiger partial charge is 0.366 e. The molecule has 0 spiro atoms. The summed E-state index contributed by atoms with van der Waals surface area (Å²) in [5.74, 6) is -0.355. The van der Waals surface area contributed by atoms with Gasteiger partial charge in [0.2, 0.25) is 0 Å². The van der Waals surface area contributed by atoms with Gasteiger partial charge in [0.15, 0.2) is 0 Å². The van der Waals surface area contributed by atoms with Crippen molar-refractivity contribution in [3.63, 3.8) is 0 Å². The van der Waals surface area contributed by atoms with Crippen LogP contribution in [0.1, 0.15) is 47.6 Å². The molecule has 2 aromatic rings. The van der Waals surface area contributed by atoms with Gasteiger partial charge in [0, 0.05) is 28.0 Å². The van der Waals surface area contributed by atoms with Crippen LogP contribution in [0.5, 0.6) is 0 Å². The van der Waals surface area contributed by atoms with Gasteiger partial charge in [-0.15, -0.1) is 0 Å². The smallest absolute Gasteiger partial charge is 0.251 e. The van der Waals surface area contributed by atoms with Gasteiger partial charge < -0.3 is 10.3 Å². The topological polar surface area (TPSA) is 48.0 Å². The monoisotopic (exact) mass is 302 g/mol. The average molecular weight is 303 g/mol. The maximum Gasteiger partial charge on any atom is 0.251 e. The van der Waals surface area contributed by atoms with E-state index in [1.807, 2.05) is 31.2 Å². The number of amides is 1. The number of nitrogens with zero attached hydrogens (tertiary/aromatic N) is 1. The van der Waals surface area contributed by atoms with Gasteiger partial charge in [-0.25, -0.2) is 0 Å². The van der Waals surface area contributed by atoms with E-state index in [1.165, 1.54) is 18.5 Å². The molecule has 0 saturated heterocycles. The predicted octanol–water partition coefficient (Wildman–Crippen LogP) is 4.11. The lowest BCUT2D eigenvalue weighted by molar-refractivity contribution is 0.1000. The second-order valence-corrected chi connectivity index (χ2v) is 6.04. The molecule has 1 aliphatic rings. The van der Waals surface area contributed by atoms with E-state index in [0.29, 0.717) is 16.6 Å². The van der Waals surface area contributed by atoms with Crippen LogP contribution in [0.4, 0.5) is 0 Å². The zero-order chi connectivity index (χ0) is 15.1. The van der Waals surface area contributed by atoms with Crippen LogP contribution < -0.4 is 5.73 Å². The zero-order valence-corrected chi connectivity index (χ0v) is 13.1. The summed E-state index contributed by atoms with van der Waals surface area (Å²) in [5, 5.41) is 0.691. The van der Waals surface area contributed by atoms with Crippen molar-refractivity contribution in [1.82, 2.24) is 4.57 Å². The molecule has 3 rings (SSSR count). The highest BCUT2D eigenvalue weighted by molar-refractivity contribution is 6.30. The molecule has 1 fully saturated rings. The number of benzene rings is 1. The van der Waals surface area contributed by atoms with Gasteiger partial charge in [-0.2, -0.15) is 0 Å². The zero-order valence-electron chi connectivity index (χ0n) is 12.3. The summed E-state index contributed by atoms with van der Waals surface area (Å²) < 4.78 is 2.31. The van der Waals surface area contributed by atoms with Gasteiger partial charge in [-0.3, -0.25) is 4.79 Å². The van der Waals surface area contributed by atoms with E-state index in [9.17, 15) is 4.79 Å². The van der Waals surface area contributed by atoms with Gasteiger partial charge in [0.05, 0.1) is 5.56 Å². The number of hydrogen-bond acceptors (Lipinski definition) is 1. The van der Waals surface area contributed by atoms with Crippen LogP contribution in [0.15, 0.2) is 24.3 Å². The first-order chi connectivity index (χ1) is 10.0. The summed E-state index contributed by atoms with van der Waals surface area (Å²) in [6.45, 7) is 4.12. The molecule has 21 heavy (non-hydrogen) atoms. The van der Waals surface area contributed by atoms with Crippen molar-refractivity contribution in [3.05, 3.63) is 46.2 Å². The molecule has 1 aromatic heterocycles. The lowest BCUT2D eigenvalue weighted by Gasteiger charge is -2.10. The molecule has 110 valence electrons. The van der Waals surface area contributed by atoms with E-state index < -0.39 is 0 Å². The van der Waals surface area contributed by atoms with Crippen LogP contribution >= 0.6 is 11.6 Å². The lowest BCUT2D eigenvalue weighted by Crippen LogP contribution is -2.13. The van der Waals surface area contributed by atoms with Crippen LogP contribution in [0.25, 0.3) is 11.1 Å². The Morgan fingerprint density at radius 3 is 2.43 bits per heavy atom. The third-order valence-electron chi connectivity index (χ3n) is 4.18. The van der Waals surface area contributed by atoms with E-state index >= 15 is 0 Å². The Kier molecular flexibility index (Phi) is 3.54. The highest BCUT2D eigenvalue weighted by Crippen LogP contribution is 2.43. The highest BCUT2D eigenvalue weighted by Gasteiger charge is 2.32. The fourth-order valence-electron chi connectivity index (χ4n) is 3.17. The van der Waals surface area contributed by atoms with Gasteiger partial charge >= 0.3 is 0 Å². The first-order valence-corrected chi connectivity index (χ1v) is 7.71. The van der Waals surface area contributed by atoms with Gasteiger partial charge in [0.25, 0.3) is 5.91 Å². The maximum atomic E-state index is 12.0. The molecule has 1 aromatic carbocycles. The minimum atomic E-state index is -0.355. The lowest BCUT2D eigenvalue weighted by atomic mass is 9.99. The molecule has 2 N–H and O–H groups in total. The molecule has 3 nitrogen and oxygen atoms in total. The number of hydrogen-bond donors (Lipinski definition) is 1. The summed E-state index contributed by atoms with van der Waals surface area (Å²) in [5.41, 5.74) is 10.5. The summed E-state index contributed by atoms with van der Waals surface area (Å²) in [7, 11) is 0. The Labute approximate surface area is 129 Å². The van der Waals surface area contributed by atoms with Crippen LogP contribution in [-0.4, -0.2) is 10.5 Å². The fraction of sp³-hybridized carbons (Fsp3) is 0.353. The predicted molar refractivity (Wildman–Crippen MR) is 85.8 cm³/mol. The molecule has 0 atom stereocenters. The Morgan fingerprint density at radius 2 is 1.95 bits per heavy atom. The molecule has 0 radical (unpaired) electrons. The van der Waals surface area contributed by atoms with E-state index in [2.05, 4.69) is 11.5 Å². The standard InChI is InChI=1S/C17H19ClN2O/c1-3-14-16(11-4-6-12(18)7-5-11)15(17(19)21)10(2)20(14)13-8-9-13/h4-7,13H,3,8-9H2,1-2H3,(H2,19,21). The van der Waals surface area contributed by atoms with Gasteiger partial charge in [0.1, 0.15) is 0 Å². The third kappa shape index (κ3) is 2.36. The van der Waals surface area contributed by atoms with E-state index in [4.69, 9.17) is 17.3 Å². The molecule has 1 heterocycles. The summed E-state index contributed by atoms with van der Waals surface area (Å²) in [4.78, 5) is 12.0. The SMILES string of the molecule is CCc1c(-c2ccc(Cl)cc2)c(C(N)=O)c(C)n1C1CC1. The fourth-order valence-corrected chi connectivity index (χ4v) is 3.30. The molecule has 0 bridgehead atoms. The molecule has 0 aliphatic heterocycles. The number of primary amides is 1. The molecule has 1 amide bonds. The minimum Gasteiger partial charge on any atom is -0.366 e. The molecule has 4 heteroatoms. The van der Waals surface area contributed by atoms with Crippen molar-refractivity contribution in [2.75, 3.05) is 0 Å². The van der Waals surface area contributed by atoms with Crippen molar-refractivity contribution in [3.8, 4) is 11.1 Å². The Bertz CT molecular complexity index is 697. The molecular weight excluding hydrogens is 284 g/mol. The second kappa shape index (κ2) is 5.23. The number of halogens is 1. The molecular formula is C17H19ClN2O. The average Bonchev–Trinajstić information content (AvgIpc) is 3.23. The first kappa shape index (κ1) is 14.2. The Hall–Kier alpha value is -1.74. The quantitative estimate of drug-likeness (QED) is 0.907.